The molecule has 1 aromatic carbocycles. The predicted molar refractivity (Wildman–Crippen MR) is 74.9 cm³/mol. The number of nitrogens with zero attached hydrogens (tertiary/aromatic N) is 1. The molecule has 19 heavy (non-hydrogen) atoms. The summed E-state index contributed by atoms with van der Waals surface area (Å²) in [6.45, 7) is 0. The van der Waals surface area contributed by atoms with Gasteiger partial charge >= 0.3 is 5.97 Å². The number of ketones is 1. The largest absolute Gasteiger partial charge is 0.477 e. The van der Waals surface area contributed by atoms with Gasteiger partial charge in [-0.15, -0.1) is 0 Å². The van der Waals surface area contributed by atoms with E-state index in [2.05, 4.69) is 0 Å². The molecule has 2 rings (SSSR count). The zero-order chi connectivity index (χ0) is 14.2. The van der Waals surface area contributed by atoms with Crippen molar-refractivity contribution < 1.29 is 19.1 Å². The molecule has 0 saturated carbocycles. The van der Waals surface area contributed by atoms with E-state index in [4.69, 9.17) is 5.11 Å². The molecule has 4 nitrogen and oxygen atoms in total. The molecule has 1 N–H and O–H groups in total. The van der Waals surface area contributed by atoms with Gasteiger partial charge in [-0.1, -0.05) is 0 Å². The van der Waals surface area contributed by atoms with E-state index in [1.807, 2.05) is 22.6 Å². The smallest absolute Gasteiger partial charge is 0.352 e. The van der Waals surface area contributed by atoms with Crippen molar-refractivity contribution in [2.24, 2.45) is 7.05 Å². The summed E-state index contributed by atoms with van der Waals surface area (Å²) in [5.41, 5.74) is 0.648. The molecule has 0 spiro atoms. The first kappa shape index (κ1) is 13.7. The van der Waals surface area contributed by atoms with Crippen LogP contribution in [0, 0.1) is 9.39 Å². The highest BCUT2D eigenvalue weighted by Crippen LogP contribution is 2.19. The van der Waals surface area contributed by atoms with Crippen LogP contribution in [0.1, 0.15) is 26.4 Å². The fraction of sp³-hybridized carbons (Fsp3) is 0.0769. The molecule has 2 aromatic rings. The molecule has 98 valence electrons. The summed E-state index contributed by atoms with van der Waals surface area (Å²) >= 11 is 1.87. The van der Waals surface area contributed by atoms with E-state index in [1.54, 1.807) is 7.05 Å². The molecule has 0 atom stereocenters. The minimum Gasteiger partial charge on any atom is -0.477 e. The van der Waals surface area contributed by atoms with E-state index in [0.717, 1.165) is 0 Å². The Kier molecular flexibility index (Phi) is 3.70. The molecule has 0 saturated heterocycles. The lowest BCUT2D eigenvalue weighted by Crippen LogP contribution is -2.03. The Morgan fingerprint density at radius 3 is 2.53 bits per heavy atom. The molecular formula is C13H9FINO3. The third-order valence-electron chi connectivity index (χ3n) is 2.66. The summed E-state index contributed by atoms with van der Waals surface area (Å²) in [7, 11) is 1.55. The zero-order valence-corrected chi connectivity index (χ0v) is 12.0. The lowest BCUT2D eigenvalue weighted by atomic mass is 10.1. The van der Waals surface area contributed by atoms with Crippen LogP contribution < -0.4 is 0 Å². The Morgan fingerprint density at radius 2 is 2.00 bits per heavy atom. The van der Waals surface area contributed by atoms with Crippen LogP contribution in [0.3, 0.4) is 0 Å². The number of hydrogen-bond acceptors (Lipinski definition) is 2. The van der Waals surface area contributed by atoms with Crippen LogP contribution in [0.5, 0.6) is 0 Å². The highest BCUT2D eigenvalue weighted by molar-refractivity contribution is 14.1. The molecule has 6 heteroatoms. The van der Waals surface area contributed by atoms with Crippen molar-refractivity contribution in [3.05, 3.63) is 56.7 Å². The maximum atomic E-state index is 13.0. The van der Waals surface area contributed by atoms with Crippen molar-refractivity contribution >= 4 is 34.3 Å². The average Bonchev–Trinajstić information content (AvgIpc) is 2.70. The topological polar surface area (TPSA) is 59.3 Å². The summed E-state index contributed by atoms with van der Waals surface area (Å²) in [6.07, 6.45) is 1.45. The number of aryl methyl sites for hydroxylation is 1. The lowest BCUT2D eigenvalue weighted by molar-refractivity contribution is 0.0686. The fourth-order valence-corrected chi connectivity index (χ4v) is 2.45. The van der Waals surface area contributed by atoms with Gasteiger partial charge in [0.15, 0.2) is 5.78 Å². The van der Waals surface area contributed by atoms with E-state index >= 15 is 0 Å². The van der Waals surface area contributed by atoms with E-state index in [-0.39, 0.29) is 17.0 Å². The number of carbonyl (C=O) groups excluding carboxylic acids is 1. The third kappa shape index (κ3) is 2.67. The van der Waals surface area contributed by atoms with Crippen molar-refractivity contribution in [1.29, 1.82) is 0 Å². The molecule has 0 aliphatic rings. The van der Waals surface area contributed by atoms with Crippen LogP contribution in [-0.2, 0) is 7.05 Å². The Bertz CT molecular complexity index is 679. The van der Waals surface area contributed by atoms with Gasteiger partial charge in [0.25, 0.3) is 0 Å². The highest BCUT2D eigenvalue weighted by Gasteiger charge is 2.18. The number of aromatic nitrogens is 1. The second-order valence-corrected chi connectivity index (χ2v) is 5.15. The maximum Gasteiger partial charge on any atom is 0.352 e. The van der Waals surface area contributed by atoms with Gasteiger partial charge in [0.1, 0.15) is 11.5 Å². The Morgan fingerprint density at radius 1 is 1.32 bits per heavy atom. The molecule has 0 aliphatic heterocycles. The molecule has 0 aliphatic carbocycles. The molecule has 0 fully saturated rings. The van der Waals surface area contributed by atoms with Gasteiger partial charge in [-0.3, -0.25) is 4.79 Å². The SMILES string of the molecule is Cn1cc(C(=O)c2ccc(F)cc2I)cc1C(=O)O. The molecular weight excluding hydrogens is 364 g/mol. The van der Waals surface area contributed by atoms with Gasteiger partial charge < -0.3 is 9.67 Å². The second kappa shape index (κ2) is 5.12. The number of carboxylic acid groups (broad SMARTS) is 1. The first-order valence-electron chi connectivity index (χ1n) is 5.29. The molecule has 1 heterocycles. The minimum atomic E-state index is -1.10. The number of halogens is 2. The quantitative estimate of drug-likeness (QED) is 0.665. The molecule has 0 radical (unpaired) electrons. The van der Waals surface area contributed by atoms with Crippen LogP contribution in [-0.4, -0.2) is 21.4 Å². The van der Waals surface area contributed by atoms with Gasteiger partial charge in [-0.2, -0.15) is 0 Å². The molecule has 0 amide bonds. The summed E-state index contributed by atoms with van der Waals surface area (Å²) in [5.74, 6) is -1.84. The Hall–Kier alpha value is -1.70. The summed E-state index contributed by atoms with van der Waals surface area (Å²) in [6, 6.07) is 5.17. The lowest BCUT2D eigenvalue weighted by Gasteiger charge is -2.01. The monoisotopic (exact) mass is 373 g/mol. The second-order valence-electron chi connectivity index (χ2n) is 3.98. The normalized spacial score (nSPS) is 10.5. The third-order valence-corrected chi connectivity index (χ3v) is 3.55. The first-order valence-corrected chi connectivity index (χ1v) is 6.37. The number of hydrogen-bond donors (Lipinski definition) is 1. The van der Waals surface area contributed by atoms with Crippen molar-refractivity contribution in [3.8, 4) is 0 Å². The number of rotatable bonds is 3. The van der Waals surface area contributed by atoms with Crippen molar-refractivity contribution in [2.45, 2.75) is 0 Å². The van der Waals surface area contributed by atoms with Gasteiger partial charge in [-0.05, 0) is 46.9 Å². The van der Waals surface area contributed by atoms with Crippen LogP contribution >= 0.6 is 22.6 Å². The summed E-state index contributed by atoms with van der Waals surface area (Å²) in [5, 5.41) is 8.94. The highest BCUT2D eigenvalue weighted by atomic mass is 127. The number of benzene rings is 1. The number of carboxylic acids is 1. The van der Waals surface area contributed by atoms with Crippen LogP contribution in [0.2, 0.25) is 0 Å². The van der Waals surface area contributed by atoms with Crippen LogP contribution in [0.25, 0.3) is 0 Å². The minimum absolute atomic E-state index is 0.0282. The van der Waals surface area contributed by atoms with Crippen molar-refractivity contribution in [3.63, 3.8) is 0 Å². The van der Waals surface area contributed by atoms with E-state index in [0.29, 0.717) is 9.13 Å². The fourth-order valence-electron chi connectivity index (χ4n) is 1.73. The Labute approximate surface area is 122 Å². The van der Waals surface area contributed by atoms with E-state index < -0.39 is 11.8 Å². The van der Waals surface area contributed by atoms with Crippen molar-refractivity contribution in [1.82, 2.24) is 4.57 Å². The first-order chi connectivity index (χ1) is 8.90. The van der Waals surface area contributed by atoms with Crippen LogP contribution in [0.4, 0.5) is 4.39 Å². The van der Waals surface area contributed by atoms with Gasteiger partial charge in [0.05, 0.1) is 0 Å². The average molecular weight is 373 g/mol. The zero-order valence-electron chi connectivity index (χ0n) is 9.85. The summed E-state index contributed by atoms with van der Waals surface area (Å²) < 4.78 is 14.8. The van der Waals surface area contributed by atoms with Gasteiger partial charge in [0, 0.05) is 27.9 Å². The van der Waals surface area contributed by atoms with Gasteiger partial charge in [-0.25, -0.2) is 9.18 Å². The maximum absolute atomic E-state index is 13.0. The van der Waals surface area contributed by atoms with Gasteiger partial charge in [0.2, 0.25) is 0 Å². The molecule has 1 aromatic heterocycles. The Balaban J connectivity index is 2.44. The molecule has 0 bridgehead atoms. The number of carbonyl (C=O) groups is 2. The van der Waals surface area contributed by atoms with Crippen LogP contribution in [0.15, 0.2) is 30.5 Å². The van der Waals surface area contributed by atoms with E-state index in [9.17, 15) is 14.0 Å². The molecule has 0 unspecified atom stereocenters. The number of aromatic carboxylic acids is 1. The van der Waals surface area contributed by atoms with E-state index in [1.165, 1.54) is 35.0 Å². The van der Waals surface area contributed by atoms with Crippen molar-refractivity contribution in [2.75, 3.05) is 0 Å². The summed E-state index contributed by atoms with van der Waals surface area (Å²) in [4.78, 5) is 23.2. The predicted octanol–water partition coefficient (Wildman–Crippen LogP) is 2.70. The standard InChI is InChI=1S/C13H9FINO3/c1-16-6-7(4-11(16)13(18)19)12(17)9-3-2-8(14)5-10(9)15/h2-6H,1H3,(H,18,19).